The van der Waals surface area contributed by atoms with Gasteiger partial charge in [-0.05, 0) is 27.7 Å². The van der Waals surface area contributed by atoms with E-state index in [9.17, 15) is 9.35 Å². The highest BCUT2D eigenvalue weighted by molar-refractivity contribution is 7.91. The Morgan fingerprint density at radius 1 is 1.52 bits per heavy atom. The van der Waals surface area contributed by atoms with E-state index >= 15 is 0 Å². The molecule has 0 amide bonds. The van der Waals surface area contributed by atoms with Crippen molar-refractivity contribution in [3.8, 4) is 0 Å². The molecule has 21 heavy (non-hydrogen) atoms. The molecule has 0 radical (unpaired) electrons. The first-order chi connectivity index (χ1) is 9.84. The fraction of sp³-hybridized carbons (Fsp3) is 0.615. The number of aromatic amines is 1. The van der Waals surface area contributed by atoms with Gasteiger partial charge in [0.25, 0.3) is 0 Å². The minimum Gasteiger partial charge on any atom is -0.591 e. The van der Waals surface area contributed by atoms with Crippen molar-refractivity contribution in [3.63, 3.8) is 0 Å². The van der Waals surface area contributed by atoms with Gasteiger partial charge in [-0.15, -0.1) is 0 Å². The van der Waals surface area contributed by atoms with Crippen LogP contribution >= 0.6 is 0 Å². The highest BCUT2D eigenvalue weighted by Gasteiger charge is 2.31. The highest BCUT2D eigenvalue weighted by Crippen LogP contribution is 2.27. The van der Waals surface area contributed by atoms with E-state index in [-0.39, 0.29) is 5.69 Å². The first kappa shape index (κ1) is 15.8. The van der Waals surface area contributed by atoms with E-state index in [2.05, 4.69) is 19.9 Å². The van der Waals surface area contributed by atoms with Crippen LogP contribution in [0.2, 0.25) is 0 Å². The fourth-order valence-electron chi connectivity index (χ4n) is 1.82. The first-order valence-electron chi connectivity index (χ1n) is 6.84. The van der Waals surface area contributed by atoms with Crippen LogP contribution in [0.3, 0.4) is 0 Å². The van der Waals surface area contributed by atoms with E-state index < -0.39 is 22.1 Å². The molecule has 1 aromatic rings. The van der Waals surface area contributed by atoms with Crippen LogP contribution in [-0.2, 0) is 16.1 Å². The summed E-state index contributed by atoms with van der Waals surface area (Å²) in [5, 5.41) is 9.92. The lowest BCUT2D eigenvalue weighted by Gasteiger charge is -2.21. The standard InChI is InChI=1S/C13H20N4O3S/c1-5-20-12(18)11-10-9(15-16-11)8(6-7-14-10)17-21(19)13(2,3)4/h14H,5-7H2,1-4H3,(H,15,16). The summed E-state index contributed by atoms with van der Waals surface area (Å²) in [6, 6.07) is 0. The SMILES string of the molecule is CCOC(=O)c1[nH]nc2c1NCCC2=N[S+]([O-])C(C)(C)C. The average molecular weight is 312 g/mol. The topological polar surface area (TPSA) is 102 Å². The monoisotopic (exact) mass is 312 g/mol. The number of carbonyl (C=O) groups excluding carboxylic acids is 1. The molecule has 1 aliphatic heterocycles. The van der Waals surface area contributed by atoms with Crippen molar-refractivity contribution >= 4 is 28.7 Å². The van der Waals surface area contributed by atoms with Gasteiger partial charge in [0, 0.05) is 13.0 Å². The predicted molar refractivity (Wildman–Crippen MR) is 82.1 cm³/mol. The van der Waals surface area contributed by atoms with Crippen LogP contribution in [0.5, 0.6) is 0 Å². The third-order valence-corrected chi connectivity index (χ3v) is 4.33. The molecule has 8 heteroatoms. The second-order valence-corrected chi connectivity index (χ2v) is 7.52. The Kier molecular flexibility index (Phi) is 4.58. The zero-order chi connectivity index (χ0) is 15.6. The smallest absolute Gasteiger partial charge is 0.358 e. The van der Waals surface area contributed by atoms with Gasteiger partial charge in [0.2, 0.25) is 0 Å². The van der Waals surface area contributed by atoms with E-state index in [0.717, 1.165) is 0 Å². The number of anilines is 1. The number of H-pyrrole nitrogens is 1. The lowest BCUT2D eigenvalue weighted by molar-refractivity contribution is 0.0520. The fourth-order valence-corrected chi connectivity index (χ4v) is 2.48. The van der Waals surface area contributed by atoms with E-state index in [1.165, 1.54) is 0 Å². The molecule has 7 nitrogen and oxygen atoms in total. The Hall–Kier alpha value is -1.54. The van der Waals surface area contributed by atoms with Crippen molar-refractivity contribution in [3.05, 3.63) is 11.4 Å². The summed E-state index contributed by atoms with van der Waals surface area (Å²) in [5.41, 5.74) is 2.04. The van der Waals surface area contributed by atoms with Gasteiger partial charge in [-0.3, -0.25) is 5.10 Å². The van der Waals surface area contributed by atoms with Crippen molar-refractivity contribution in [2.75, 3.05) is 18.5 Å². The van der Waals surface area contributed by atoms with Gasteiger partial charge in [0.05, 0.1) is 12.3 Å². The summed E-state index contributed by atoms with van der Waals surface area (Å²) in [6.45, 7) is 8.24. The second kappa shape index (κ2) is 6.07. The molecular formula is C13H20N4O3S. The summed E-state index contributed by atoms with van der Waals surface area (Å²) in [7, 11) is 0. The molecule has 1 unspecified atom stereocenters. The number of ether oxygens (including phenoxy) is 1. The predicted octanol–water partition coefficient (Wildman–Crippen LogP) is 1.65. The molecule has 0 fully saturated rings. The van der Waals surface area contributed by atoms with Crippen molar-refractivity contribution < 1.29 is 14.1 Å². The number of rotatable bonds is 3. The minimum absolute atomic E-state index is 0.279. The van der Waals surface area contributed by atoms with Crippen molar-refractivity contribution in [1.29, 1.82) is 0 Å². The van der Waals surface area contributed by atoms with Crippen LogP contribution in [0.15, 0.2) is 4.40 Å². The molecule has 1 atom stereocenters. The van der Waals surface area contributed by atoms with Gasteiger partial charge in [-0.2, -0.15) is 5.10 Å². The molecule has 2 heterocycles. The Morgan fingerprint density at radius 2 is 2.24 bits per heavy atom. The average Bonchev–Trinajstić information content (AvgIpc) is 2.82. The van der Waals surface area contributed by atoms with E-state index in [1.807, 2.05) is 20.8 Å². The van der Waals surface area contributed by atoms with Crippen LogP contribution in [0, 0.1) is 0 Å². The summed E-state index contributed by atoms with van der Waals surface area (Å²) in [4.78, 5) is 11.8. The lowest BCUT2D eigenvalue weighted by atomic mass is 10.1. The Labute approximate surface area is 126 Å². The summed E-state index contributed by atoms with van der Waals surface area (Å²) in [5.74, 6) is -0.461. The Balaban J connectivity index is 2.33. The van der Waals surface area contributed by atoms with Crippen molar-refractivity contribution in [2.45, 2.75) is 38.9 Å². The minimum atomic E-state index is -1.36. The molecule has 0 aromatic carbocycles. The van der Waals surface area contributed by atoms with Gasteiger partial charge in [0.1, 0.15) is 27.5 Å². The number of aromatic nitrogens is 2. The zero-order valence-corrected chi connectivity index (χ0v) is 13.5. The zero-order valence-electron chi connectivity index (χ0n) is 12.6. The summed E-state index contributed by atoms with van der Waals surface area (Å²) in [6.07, 6.45) is 0.613. The van der Waals surface area contributed by atoms with Crippen LogP contribution in [-0.4, -0.2) is 44.3 Å². The Bertz CT molecular complexity index is 562. The second-order valence-electron chi connectivity index (χ2n) is 5.62. The Morgan fingerprint density at radius 3 is 2.86 bits per heavy atom. The number of nitrogens with one attached hydrogen (secondary N) is 2. The van der Waals surface area contributed by atoms with Crippen molar-refractivity contribution in [1.82, 2.24) is 10.2 Å². The molecule has 0 saturated carbocycles. The molecule has 2 rings (SSSR count). The number of fused-ring (bicyclic) bond motifs is 1. The maximum Gasteiger partial charge on any atom is 0.358 e. The molecule has 116 valence electrons. The lowest BCUT2D eigenvalue weighted by Crippen LogP contribution is -2.28. The third kappa shape index (κ3) is 3.38. The van der Waals surface area contributed by atoms with Gasteiger partial charge >= 0.3 is 5.97 Å². The molecular weight excluding hydrogens is 292 g/mol. The largest absolute Gasteiger partial charge is 0.591 e. The summed E-state index contributed by atoms with van der Waals surface area (Å²) >= 11 is -1.36. The van der Waals surface area contributed by atoms with Crippen molar-refractivity contribution in [2.24, 2.45) is 4.40 Å². The number of hydrogen-bond acceptors (Lipinski definition) is 6. The summed E-state index contributed by atoms with van der Waals surface area (Å²) < 4.78 is 21.0. The van der Waals surface area contributed by atoms with Gasteiger partial charge in [-0.25, -0.2) is 4.79 Å². The number of hydrogen-bond donors (Lipinski definition) is 2. The molecule has 1 aliphatic rings. The van der Waals surface area contributed by atoms with E-state index in [4.69, 9.17) is 4.74 Å². The molecule has 0 aliphatic carbocycles. The van der Waals surface area contributed by atoms with E-state index in [1.54, 1.807) is 6.92 Å². The molecule has 0 bridgehead atoms. The molecule has 2 N–H and O–H groups in total. The normalized spacial score (nSPS) is 18.0. The maximum absolute atomic E-state index is 12.2. The number of carbonyl (C=O) groups is 1. The highest BCUT2D eigenvalue weighted by atomic mass is 32.2. The van der Waals surface area contributed by atoms with Crippen LogP contribution in [0.25, 0.3) is 0 Å². The van der Waals surface area contributed by atoms with E-state index in [0.29, 0.717) is 36.7 Å². The molecule has 0 saturated heterocycles. The molecule has 1 aromatic heterocycles. The third-order valence-electron chi connectivity index (χ3n) is 2.90. The van der Waals surface area contributed by atoms with Crippen LogP contribution in [0.4, 0.5) is 5.69 Å². The first-order valence-corrected chi connectivity index (χ1v) is 7.94. The quantitative estimate of drug-likeness (QED) is 0.652. The molecule has 0 spiro atoms. The van der Waals surface area contributed by atoms with Gasteiger partial charge < -0.3 is 14.6 Å². The van der Waals surface area contributed by atoms with Gasteiger partial charge in [0.15, 0.2) is 5.69 Å². The van der Waals surface area contributed by atoms with Crippen LogP contribution < -0.4 is 5.32 Å². The van der Waals surface area contributed by atoms with Gasteiger partial charge in [-0.1, -0.05) is 4.40 Å². The van der Waals surface area contributed by atoms with Crippen LogP contribution in [0.1, 0.15) is 50.3 Å². The number of nitrogens with zero attached hydrogens (tertiary/aromatic N) is 2. The maximum atomic E-state index is 12.2. The number of esters is 1.